The van der Waals surface area contributed by atoms with E-state index in [-0.39, 0.29) is 11.5 Å². The lowest BCUT2D eigenvalue weighted by molar-refractivity contribution is -0.653. The lowest BCUT2D eigenvalue weighted by Crippen LogP contribution is -2.34. The Morgan fingerprint density at radius 3 is 2.62 bits per heavy atom. The number of hydrogen-bond acceptors (Lipinski definition) is 8. The van der Waals surface area contributed by atoms with Crippen molar-refractivity contribution in [3.05, 3.63) is 67.0 Å². The smallest absolute Gasteiger partial charge is 0.367 e. The molecule has 4 heterocycles. The second kappa shape index (κ2) is 9.73. The SMILES string of the molecule is CCn1c(=C2SC(=Nc3scc[n+]3C)N(Cc3ccccc3)C2=O)sc(=C2SCCN2C)c1=O. The minimum absolute atomic E-state index is 0.0238. The minimum Gasteiger partial charge on any atom is -0.367 e. The van der Waals surface area contributed by atoms with Crippen molar-refractivity contribution in [1.29, 1.82) is 0 Å². The third-order valence-corrected chi connectivity index (χ3v) is 10.1. The number of amides is 1. The number of thioether (sulfide) groups is 2. The molecule has 0 saturated carbocycles. The number of rotatable bonds is 4. The predicted molar refractivity (Wildman–Crippen MR) is 143 cm³/mol. The first-order valence-corrected chi connectivity index (χ1v) is 14.4. The van der Waals surface area contributed by atoms with Crippen LogP contribution in [0.4, 0.5) is 5.13 Å². The van der Waals surface area contributed by atoms with Crippen LogP contribution in [-0.2, 0) is 24.9 Å². The van der Waals surface area contributed by atoms with Crippen molar-refractivity contribution in [2.75, 3.05) is 19.3 Å². The van der Waals surface area contributed by atoms with Crippen LogP contribution in [0.5, 0.6) is 0 Å². The van der Waals surface area contributed by atoms with E-state index in [9.17, 15) is 9.59 Å². The highest BCUT2D eigenvalue weighted by Crippen LogP contribution is 2.34. The third kappa shape index (κ3) is 4.26. The predicted octanol–water partition coefficient (Wildman–Crippen LogP) is 2.13. The molecule has 2 saturated heterocycles. The summed E-state index contributed by atoms with van der Waals surface area (Å²) in [5.74, 6) is 0.855. The molecule has 2 aromatic heterocycles. The second-order valence-electron chi connectivity index (χ2n) is 7.86. The molecule has 0 atom stereocenters. The van der Waals surface area contributed by atoms with Crippen molar-refractivity contribution in [3.8, 4) is 0 Å². The number of carbonyl (C=O) groups excluding carboxylic acids is 1. The van der Waals surface area contributed by atoms with Crippen molar-refractivity contribution in [1.82, 2.24) is 14.4 Å². The van der Waals surface area contributed by atoms with Crippen LogP contribution in [0.1, 0.15) is 12.5 Å². The summed E-state index contributed by atoms with van der Waals surface area (Å²) in [6.07, 6.45) is 1.95. The summed E-state index contributed by atoms with van der Waals surface area (Å²) in [7, 11) is 3.96. The number of benzene rings is 1. The van der Waals surface area contributed by atoms with E-state index in [2.05, 4.69) is 4.90 Å². The van der Waals surface area contributed by atoms with Gasteiger partial charge >= 0.3 is 5.13 Å². The van der Waals surface area contributed by atoms with Gasteiger partial charge in [-0.05, 0) is 29.2 Å². The Labute approximate surface area is 213 Å². The first-order chi connectivity index (χ1) is 16.5. The molecule has 3 aromatic rings. The van der Waals surface area contributed by atoms with E-state index in [1.165, 1.54) is 34.4 Å². The van der Waals surface area contributed by atoms with Crippen LogP contribution >= 0.6 is 46.2 Å². The van der Waals surface area contributed by atoms with E-state index in [1.807, 2.05) is 67.5 Å². The average Bonchev–Trinajstić information content (AvgIpc) is 3.59. The van der Waals surface area contributed by atoms with Crippen molar-refractivity contribution in [2.45, 2.75) is 20.0 Å². The number of amidine groups is 1. The molecule has 0 aliphatic carbocycles. The fraction of sp³-hybridized carbons (Fsp3) is 0.304. The maximum absolute atomic E-state index is 13.8. The van der Waals surface area contributed by atoms with Crippen LogP contribution in [0, 0.1) is 0 Å². The Kier molecular flexibility index (Phi) is 6.70. The molecule has 11 heteroatoms. The first-order valence-electron chi connectivity index (χ1n) is 10.9. The molecule has 1 aromatic carbocycles. The molecule has 7 nitrogen and oxygen atoms in total. The molecule has 1 amide bonds. The first kappa shape index (κ1) is 23.4. The maximum atomic E-state index is 13.8. The molecular weight excluding hydrogens is 507 g/mol. The summed E-state index contributed by atoms with van der Waals surface area (Å²) in [5.41, 5.74) is 1.00. The van der Waals surface area contributed by atoms with Crippen LogP contribution in [0.3, 0.4) is 0 Å². The van der Waals surface area contributed by atoms with Gasteiger partial charge in [0.15, 0.2) is 0 Å². The van der Waals surface area contributed by atoms with E-state index in [4.69, 9.17) is 4.99 Å². The highest BCUT2D eigenvalue weighted by molar-refractivity contribution is 8.23. The summed E-state index contributed by atoms with van der Waals surface area (Å²) < 4.78 is 5.10. The van der Waals surface area contributed by atoms with Gasteiger partial charge in [0, 0.05) is 31.3 Å². The minimum atomic E-state index is -0.112. The van der Waals surface area contributed by atoms with Gasteiger partial charge in [0.25, 0.3) is 16.6 Å². The Bertz CT molecular complexity index is 1450. The van der Waals surface area contributed by atoms with Gasteiger partial charge in [0.1, 0.15) is 20.3 Å². The fourth-order valence-corrected chi connectivity index (χ4v) is 8.30. The molecule has 2 fully saturated rings. The van der Waals surface area contributed by atoms with E-state index in [0.29, 0.717) is 32.4 Å². The molecule has 0 bridgehead atoms. The zero-order chi connectivity index (χ0) is 23.8. The molecule has 176 valence electrons. The standard InChI is InChI=1S/C23H24N5O2S4/c1-4-27-18(29)16(20-25(2)10-12-31-20)33-21(27)17-19(30)28(14-15-8-6-5-7-9-15)23(34-17)24-22-26(3)11-13-32-22/h5-9,11,13H,4,10,12,14H2,1-3H3/q+1. The number of nitrogens with zero attached hydrogens (tertiary/aromatic N) is 5. The van der Waals surface area contributed by atoms with Crippen LogP contribution in [0.2, 0.25) is 0 Å². The number of aromatic nitrogens is 2. The Hall–Kier alpha value is -2.34. The molecule has 2 aliphatic heterocycles. The van der Waals surface area contributed by atoms with Gasteiger partial charge in [0.2, 0.25) is 0 Å². The quantitative estimate of drug-likeness (QED) is 0.484. The fourth-order valence-electron chi connectivity index (χ4n) is 3.77. The summed E-state index contributed by atoms with van der Waals surface area (Å²) in [6, 6.07) is 9.92. The van der Waals surface area contributed by atoms with Crippen LogP contribution in [0.15, 0.2) is 51.7 Å². The van der Waals surface area contributed by atoms with E-state index >= 15 is 0 Å². The average molecular weight is 531 g/mol. The monoisotopic (exact) mass is 530 g/mol. The van der Waals surface area contributed by atoms with Crippen molar-refractivity contribution >= 4 is 72.3 Å². The zero-order valence-corrected chi connectivity index (χ0v) is 22.3. The highest BCUT2D eigenvalue weighted by Gasteiger charge is 2.39. The summed E-state index contributed by atoms with van der Waals surface area (Å²) in [5, 5.41) is 4.42. The van der Waals surface area contributed by atoms with Gasteiger partial charge in [-0.3, -0.25) is 19.1 Å². The van der Waals surface area contributed by atoms with Gasteiger partial charge in [-0.2, -0.15) is 0 Å². The van der Waals surface area contributed by atoms with Gasteiger partial charge < -0.3 is 4.90 Å². The van der Waals surface area contributed by atoms with E-state index in [0.717, 1.165) is 28.0 Å². The summed E-state index contributed by atoms with van der Waals surface area (Å²) in [4.78, 5) is 36.3. The molecule has 0 radical (unpaired) electrons. The number of aliphatic imine (C=N–C) groups is 1. The molecule has 34 heavy (non-hydrogen) atoms. The zero-order valence-electron chi connectivity index (χ0n) is 19.1. The van der Waals surface area contributed by atoms with E-state index < -0.39 is 0 Å². The number of aryl methyl sites for hydroxylation is 1. The Balaban J connectivity index is 1.69. The summed E-state index contributed by atoms with van der Waals surface area (Å²) in [6.45, 7) is 3.80. The third-order valence-electron chi connectivity index (χ3n) is 5.60. The normalized spacial score (nSPS) is 20.8. The van der Waals surface area contributed by atoms with Crippen molar-refractivity contribution in [3.63, 3.8) is 0 Å². The van der Waals surface area contributed by atoms with Crippen LogP contribution in [0.25, 0.3) is 9.93 Å². The largest absolute Gasteiger partial charge is 0.384 e. The summed E-state index contributed by atoms with van der Waals surface area (Å²) >= 11 is 6.01. The highest BCUT2D eigenvalue weighted by atomic mass is 32.2. The Morgan fingerprint density at radius 2 is 1.97 bits per heavy atom. The van der Waals surface area contributed by atoms with Crippen LogP contribution < -0.4 is 19.3 Å². The number of thiazole rings is 2. The molecule has 0 spiro atoms. The second-order valence-corrected chi connectivity index (χ2v) is 11.8. The molecule has 0 N–H and O–H groups in total. The maximum Gasteiger partial charge on any atom is 0.384 e. The number of hydrogen-bond donors (Lipinski definition) is 0. The van der Waals surface area contributed by atoms with Gasteiger partial charge in [0.05, 0.1) is 18.6 Å². The molecule has 2 aliphatic rings. The van der Waals surface area contributed by atoms with Gasteiger partial charge in [-0.1, -0.05) is 41.7 Å². The lowest BCUT2D eigenvalue weighted by atomic mass is 10.2. The molecular formula is C23H24N5O2S4+. The molecule has 5 rings (SSSR count). The number of carbonyl (C=O) groups is 1. The van der Waals surface area contributed by atoms with Crippen molar-refractivity contribution < 1.29 is 9.36 Å². The van der Waals surface area contributed by atoms with Gasteiger partial charge in [-0.25, -0.2) is 4.57 Å². The van der Waals surface area contributed by atoms with Crippen LogP contribution in [-0.4, -0.2) is 44.8 Å². The topological polar surface area (TPSA) is 61.8 Å². The lowest BCUT2D eigenvalue weighted by Gasteiger charge is -2.12. The van der Waals surface area contributed by atoms with E-state index in [1.54, 1.807) is 21.2 Å². The van der Waals surface area contributed by atoms with Gasteiger partial charge in [-0.15, -0.1) is 23.1 Å². The molecule has 0 unspecified atom stereocenters. The van der Waals surface area contributed by atoms with Crippen molar-refractivity contribution in [2.24, 2.45) is 12.0 Å². The Morgan fingerprint density at radius 1 is 1.18 bits per heavy atom.